The topological polar surface area (TPSA) is 46.1 Å². The maximum atomic E-state index is 11.4. The molecule has 6 heteroatoms. The number of halogens is 1. The Morgan fingerprint density at radius 1 is 1.62 bits per heavy atom. The van der Waals surface area contributed by atoms with Crippen LogP contribution in [0.4, 0.5) is 5.13 Å². The van der Waals surface area contributed by atoms with E-state index in [4.69, 9.17) is 11.6 Å². The summed E-state index contributed by atoms with van der Waals surface area (Å²) in [6.07, 6.45) is 0.403. The third kappa shape index (κ3) is 1.66. The molecular formula is C7H8ClN3OS. The van der Waals surface area contributed by atoms with Crippen molar-refractivity contribution in [3.05, 3.63) is 5.01 Å². The predicted molar refractivity (Wildman–Crippen MR) is 51.3 cm³/mol. The van der Waals surface area contributed by atoms with E-state index in [9.17, 15) is 4.79 Å². The Bertz CT molecular complexity index is 340. The van der Waals surface area contributed by atoms with Gasteiger partial charge in [-0.3, -0.25) is 9.69 Å². The van der Waals surface area contributed by atoms with E-state index in [0.717, 1.165) is 5.01 Å². The van der Waals surface area contributed by atoms with Crippen LogP contribution < -0.4 is 4.90 Å². The van der Waals surface area contributed by atoms with Gasteiger partial charge < -0.3 is 0 Å². The highest BCUT2D eigenvalue weighted by Crippen LogP contribution is 2.26. The third-order valence-corrected chi connectivity index (χ3v) is 2.98. The van der Waals surface area contributed by atoms with Crippen LogP contribution in [-0.4, -0.2) is 28.0 Å². The fourth-order valence-corrected chi connectivity index (χ4v) is 2.23. The minimum absolute atomic E-state index is 0.0381. The molecule has 1 aliphatic heterocycles. The molecule has 1 amide bonds. The second kappa shape index (κ2) is 3.23. The van der Waals surface area contributed by atoms with Gasteiger partial charge in [0.15, 0.2) is 0 Å². The minimum Gasteiger partial charge on any atom is -0.285 e. The molecule has 0 aliphatic carbocycles. The van der Waals surface area contributed by atoms with Gasteiger partial charge in [-0.25, -0.2) is 0 Å². The monoisotopic (exact) mass is 217 g/mol. The number of anilines is 1. The van der Waals surface area contributed by atoms with Crippen molar-refractivity contribution in [2.24, 2.45) is 0 Å². The maximum Gasteiger partial charge on any atom is 0.230 e. The van der Waals surface area contributed by atoms with E-state index in [1.54, 1.807) is 4.90 Å². The zero-order valence-corrected chi connectivity index (χ0v) is 8.60. The molecule has 1 aliphatic rings. The third-order valence-electron chi connectivity index (χ3n) is 1.82. The fourth-order valence-electron chi connectivity index (χ4n) is 1.24. The molecule has 1 saturated heterocycles. The van der Waals surface area contributed by atoms with Crippen LogP contribution in [0, 0.1) is 6.92 Å². The lowest BCUT2D eigenvalue weighted by atomic mass is 10.4. The number of carbonyl (C=O) groups is 1. The first-order chi connectivity index (χ1) is 6.16. The summed E-state index contributed by atoms with van der Waals surface area (Å²) in [7, 11) is 0. The van der Waals surface area contributed by atoms with E-state index in [-0.39, 0.29) is 11.3 Å². The lowest BCUT2D eigenvalue weighted by molar-refractivity contribution is -0.117. The van der Waals surface area contributed by atoms with Crippen LogP contribution in [0.15, 0.2) is 0 Å². The summed E-state index contributed by atoms with van der Waals surface area (Å²) in [5.41, 5.74) is 0. The molecule has 13 heavy (non-hydrogen) atoms. The van der Waals surface area contributed by atoms with Crippen LogP contribution in [0.1, 0.15) is 11.4 Å². The molecule has 1 fully saturated rings. The predicted octanol–water partition coefficient (Wildman–Crippen LogP) is 1.19. The van der Waals surface area contributed by atoms with Gasteiger partial charge in [0.25, 0.3) is 0 Å². The minimum atomic E-state index is -0.0864. The van der Waals surface area contributed by atoms with Gasteiger partial charge in [-0.15, -0.1) is 21.8 Å². The lowest BCUT2D eigenvalue weighted by Crippen LogP contribution is -2.24. The maximum absolute atomic E-state index is 11.4. The number of aromatic nitrogens is 2. The number of aryl methyl sites for hydroxylation is 1. The van der Waals surface area contributed by atoms with E-state index in [2.05, 4.69) is 10.2 Å². The molecule has 2 rings (SSSR count). The fraction of sp³-hybridized carbons (Fsp3) is 0.571. The highest BCUT2D eigenvalue weighted by Gasteiger charge is 2.31. The summed E-state index contributed by atoms with van der Waals surface area (Å²) in [5.74, 6) is 0.0381. The molecular weight excluding hydrogens is 210 g/mol. The number of alkyl halides is 1. The number of amides is 1. The lowest BCUT2D eigenvalue weighted by Gasteiger charge is -2.09. The highest BCUT2D eigenvalue weighted by molar-refractivity contribution is 7.15. The van der Waals surface area contributed by atoms with Crippen molar-refractivity contribution in [3.8, 4) is 0 Å². The second-order valence-corrected chi connectivity index (χ2v) is 4.69. The molecule has 2 heterocycles. The number of hydrogen-bond donors (Lipinski definition) is 0. The van der Waals surface area contributed by atoms with Crippen LogP contribution in [0.2, 0.25) is 0 Å². The standard InChI is InChI=1S/C7H8ClN3OS/c1-4-9-10-7(13-4)11-3-5(8)2-6(11)12/h5H,2-3H2,1H3. The Morgan fingerprint density at radius 3 is 2.85 bits per heavy atom. The van der Waals surface area contributed by atoms with Crippen molar-refractivity contribution in [2.75, 3.05) is 11.4 Å². The van der Waals surface area contributed by atoms with E-state index in [0.29, 0.717) is 18.1 Å². The van der Waals surface area contributed by atoms with Crippen LogP contribution in [0.25, 0.3) is 0 Å². The van der Waals surface area contributed by atoms with E-state index in [1.807, 2.05) is 6.92 Å². The average Bonchev–Trinajstić information content (AvgIpc) is 2.58. The molecule has 0 aromatic carbocycles. The number of hydrogen-bond acceptors (Lipinski definition) is 4. The molecule has 70 valence electrons. The molecule has 1 unspecified atom stereocenters. The van der Waals surface area contributed by atoms with Gasteiger partial charge in [0.2, 0.25) is 11.0 Å². The molecule has 0 N–H and O–H groups in total. The number of carbonyl (C=O) groups excluding carboxylic acids is 1. The van der Waals surface area contributed by atoms with Crippen LogP contribution in [-0.2, 0) is 4.79 Å². The molecule has 0 saturated carbocycles. The van der Waals surface area contributed by atoms with Gasteiger partial charge in [-0.2, -0.15) is 0 Å². The smallest absolute Gasteiger partial charge is 0.230 e. The van der Waals surface area contributed by atoms with Gasteiger partial charge in [-0.1, -0.05) is 11.3 Å². The van der Waals surface area contributed by atoms with Crippen molar-refractivity contribution in [3.63, 3.8) is 0 Å². The molecule has 0 radical (unpaired) electrons. The quantitative estimate of drug-likeness (QED) is 0.664. The van der Waals surface area contributed by atoms with Crippen LogP contribution >= 0.6 is 22.9 Å². The summed E-state index contributed by atoms with van der Waals surface area (Å²) in [4.78, 5) is 13.0. The zero-order chi connectivity index (χ0) is 9.42. The van der Waals surface area contributed by atoms with Gasteiger partial charge in [0.1, 0.15) is 5.01 Å². The Labute approximate surface area is 84.5 Å². The van der Waals surface area contributed by atoms with Gasteiger partial charge in [0, 0.05) is 13.0 Å². The number of rotatable bonds is 1. The summed E-state index contributed by atoms with van der Waals surface area (Å²) in [6.45, 7) is 2.41. The Hall–Kier alpha value is -0.680. The summed E-state index contributed by atoms with van der Waals surface area (Å²) in [5, 5.41) is 9.18. The molecule has 0 bridgehead atoms. The van der Waals surface area contributed by atoms with Gasteiger partial charge in [0.05, 0.1) is 5.38 Å². The molecule has 1 aromatic rings. The Balaban J connectivity index is 2.22. The van der Waals surface area contributed by atoms with Gasteiger partial charge >= 0.3 is 0 Å². The van der Waals surface area contributed by atoms with Crippen molar-refractivity contribution >= 4 is 34.0 Å². The normalized spacial score (nSPS) is 22.8. The Kier molecular flexibility index (Phi) is 2.21. The first kappa shape index (κ1) is 8.90. The van der Waals surface area contributed by atoms with Crippen LogP contribution in [0.5, 0.6) is 0 Å². The zero-order valence-electron chi connectivity index (χ0n) is 7.03. The first-order valence-corrected chi connectivity index (χ1v) is 5.16. The second-order valence-electron chi connectivity index (χ2n) is 2.91. The SMILES string of the molecule is Cc1nnc(N2CC(Cl)CC2=O)s1. The van der Waals surface area contributed by atoms with Crippen LogP contribution in [0.3, 0.4) is 0 Å². The molecule has 0 spiro atoms. The van der Waals surface area contributed by atoms with E-state index >= 15 is 0 Å². The summed E-state index contributed by atoms with van der Waals surface area (Å²) in [6, 6.07) is 0. The van der Waals surface area contributed by atoms with Crippen molar-refractivity contribution in [2.45, 2.75) is 18.7 Å². The molecule has 4 nitrogen and oxygen atoms in total. The molecule has 1 aromatic heterocycles. The highest BCUT2D eigenvalue weighted by atomic mass is 35.5. The van der Waals surface area contributed by atoms with E-state index in [1.165, 1.54) is 11.3 Å². The molecule has 1 atom stereocenters. The van der Waals surface area contributed by atoms with Crippen molar-refractivity contribution < 1.29 is 4.79 Å². The summed E-state index contributed by atoms with van der Waals surface area (Å²) < 4.78 is 0. The van der Waals surface area contributed by atoms with E-state index < -0.39 is 0 Å². The largest absolute Gasteiger partial charge is 0.285 e. The summed E-state index contributed by atoms with van der Waals surface area (Å²) >= 11 is 7.27. The Morgan fingerprint density at radius 2 is 2.38 bits per heavy atom. The number of nitrogens with zero attached hydrogens (tertiary/aromatic N) is 3. The van der Waals surface area contributed by atoms with Crippen molar-refractivity contribution in [1.82, 2.24) is 10.2 Å². The van der Waals surface area contributed by atoms with Gasteiger partial charge in [-0.05, 0) is 6.92 Å². The van der Waals surface area contributed by atoms with Crippen molar-refractivity contribution in [1.29, 1.82) is 0 Å². The average molecular weight is 218 g/mol. The first-order valence-electron chi connectivity index (χ1n) is 3.91.